The van der Waals surface area contributed by atoms with Crippen molar-refractivity contribution in [2.75, 3.05) is 23.0 Å². The Labute approximate surface area is 176 Å². The summed E-state index contributed by atoms with van der Waals surface area (Å²) < 4.78 is 5.50. The second kappa shape index (κ2) is 8.41. The van der Waals surface area contributed by atoms with Crippen LogP contribution in [0.25, 0.3) is 0 Å². The van der Waals surface area contributed by atoms with Crippen LogP contribution in [-0.2, 0) is 11.3 Å². The number of hydrogen-bond donors (Lipinski definition) is 0. The van der Waals surface area contributed by atoms with Crippen LogP contribution in [0, 0.1) is 6.92 Å². The maximum absolute atomic E-state index is 13.0. The van der Waals surface area contributed by atoms with E-state index in [1.165, 1.54) is 0 Å². The zero-order chi connectivity index (χ0) is 21.1. The molecule has 1 aliphatic heterocycles. The lowest BCUT2D eigenvalue weighted by Crippen LogP contribution is -2.38. The highest BCUT2D eigenvalue weighted by Crippen LogP contribution is 2.32. The van der Waals surface area contributed by atoms with E-state index >= 15 is 0 Å². The van der Waals surface area contributed by atoms with Crippen LogP contribution in [0.4, 0.5) is 11.4 Å². The highest BCUT2D eigenvalue weighted by molar-refractivity contribution is 6.06. The third kappa shape index (κ3) is 3.92. The fourth-order valence-corrected chi connectivity index (χ4v) is 3.66. The predicted octanol–water partition coefficient (Wildman–Crippen LogP) is 4.59. The SMILES string of the molecule is CCN(C(=O)c1ccc(CN2C(=O)COc3ccccc32)cc1)c1cccc(C)c1. The number of carbonyl (C=O) groups excluding carboxylic acids is 2. The van der Waals surface area contributed by atoms with Gasteiger partial charge >= 0.3 is 0 Å². The first-order valence-electron chi connectivity index (χ1n) is 10.1. The van der Waals surface area contributed by atoms with Gasteiger partial charge in [-0.05, 0) is 61.4 Å². The number of rotatable bonds is 5. The van der Waals surface area contributed by atoms with Crippen LogP contribution in [0.5, 0.6) is 5.75 Å². The lowest BCUT2D eigenvalue weighted by atomic mass is 10.1. The molecule has 0 N–H and O–H groups in total. The predicted molar refractivity (Wildman–Crippen MR) is 118 cm³/mol. The average molecular weight is 400 g/mol. The van der Waals surface area contributed by atoms with Crippen molar-refractivity contribution < 1.29 is 14.3 Å². The first kappa shape index (κ1) is 19.7. The third-order valence-corrected chi connectivity index (χ3v) is 5.22. The molecule has 1 heterocycles. The maximum Gasteiger partial charge on any atom is 0.265 e. The van der Waals surface area contributed by atoms with Gasteiger partial charge in [-0.1, -0.05) is 36.4 Å². The molecule has 4 rings (SSSR count). The summed E-state index contributed by atoms with van der Waals surface area (Å²) in [6, 6.07) is 22.9. The van der Waals surface area contributed by atoms with Crippen LogP contribution in [0.3, 0.4) is 0 Å². The fraction of sp³-hybridized carbons (Fsp3) is 0.200. The summed E-state index contributed by atoms with van der Waals surface area (Å²) in [4.78, 5) is 28.9. The van der Waals surface area contributed by atoms with Gasteiger partial charge in [0, 0.05) is 17.8 Å². The van der Waals surface area contributed by atoms with Crippen LogP contribution in [0.1, 0.15) is 28.4 Å². The maximum atomic E-state index is 13.0. The van der Waals surface area contributed by atoms with E-state index in [0.717, 1.165) is 22.5 Å². The van der Waals surface area contributed by atoms with E-state index in [2.05, 4.69) is 0 Å². The minimum Gasteiger partial charge on any atom is -0.482 e. The zero-order valence-corrected chi connectivity index (χ0v) is 17.2. The quantitative estimate of drug-likeness (QED) is 0.630. The molecule has 30 heavy (non-hydrogen) atoms. The Bertz CT molecular complexity index is 1080. The Hall–Kier alpha value is -3.60. The number of carbonyl (C=O) groups is 2. The summed E-state index contributed by atoms with van der Waals surface area (Å²) >= 11 is 0. The van der Waals surface area contributed by atoms with Crippen LogP contribution in [-0.4, -0.2) is 25.0 Å². The summed E-state index contributed by atoms with van der Waals surface area (Å²) in [7, 11) is 0. The molecule has 3 aromatic rings. The van der Waals surface area contributed by atoms with Crippen LogP contribution >= 0.6 is 0 Å². The number of aryl methyl sites for hydroxylation is 1. The second-order valence-corrected chi connectivity index (χ2v) is 7.32. The number of hydrogen-bond acceptors (Lipinski definition) is 3. The Kier molecular flexibility index (Phi) is 5.53. The van der Waals surface area contributed by atoms with E-state index in [0.29, 0.717) is 24.4 Å². The molecule has 1 aliphatic rings. The Balaban J connectivity index is 1.53. The first-order chi connectivity index (χ1) is 14.6. The number of para-hydroxylation sites is 2. The molecule has 2 amide bonds. The number of amides is 2. The highest BCUT2D eigenvalue weighted by Gasteiger charge is 2.25. The zero-order valence-electron chi connectivity index (χ0n) is 17.2. The molecule has 0 bridgehead atoms. The molecule has 152 valence electrons. The van der Waals surface area contributed by atoms with Gasteiger partial charge in [-0.15, -0.1) is 0 Å². The molecular formula is C25H24N2O3. The van der Waals surface area contributed by atoms with Crippen molar-refractivity contribution in [3.8, 4) is 5.75 Å². The molecule has 0 fully saturated rings. The lowest BCUT2D eigenvalue weighted by molar-refractivity contribution is -0.121. The van der Waals surface area contributed by atoms with E-state index < -0.39 is 0 Å². The van der Waals surface area contributed by atoms with Gasteiger partial charge in [-0.3, -0.25) is 9.59 Å². The summed E-state index contributed by atoms with van der Waals surface area (Å²) in [5.41, 5.74) is 4.35. The fourth-order valence-electron chi connectivity index (χ4n) is 3.66. The van der Waals surface area contributed by atoms with Gasteiger partial charge in [-0.2, -0.15) is 0 Å². The summed E-state index contributed by atoms with van der Waals surface area (Å²) in [5, 5.41) is 0. The van der Waals surface area contributed by atoms with Crippen LogP contribution < -0.4 is 14.5 Å². The van der Waals surface area contributed by atoms with Crippen molar-refractivity contribution in [1.82, 2.24) is 0 Å². The number of anilines is 2. The van der Waals surface area contributed by atoms with Crippen molar-refractivity contribution >= 4 is 23.2 Å². The van der Waals surface area contributed by atoms with E-state index in [1.807, 2.05) is 86.6 Å². The number of nitrogens with zero attached hydrogens (tertiary/aromatic N) is 2. The summed E-state index contributed by atoms with van der Waals surface area (Å²) in [6.45, 7) is 5.04. The van der Waals surface area contributed by atoms with Crippen molar-refractivity contribution in [3.05, 3.63) is 89.5 Å². The number of fused-ring (bicyclic) bond motifs is 1. The molecule has 3 aromatic carbocycles. The minimum absolute atomic E-state index is 0.0372. The molecule has 0 unspecified atom stereocenters. The largest absolute Gasteiger partial charge is 0.482 e. The van der Waals surface area contributed by atoms with Gasteiger partial charge < -0.3 is 14.5 Å². The van der Waals surface area contributed by atoms with Crippen molar-refractivity contribution in [3.63, 3.8) is 0 Å². The monoisotopic (exact) mass is 400 g/mol. The Morgan fingerprint density at radius 1 is 1.03 bits per heavy atom. The molecule has 0 aromatic heterocycles. The average Bonchev–Trinajstić information content (AvgIpc) is 2.77. The molecule has 0 saturated carbocycles. The van der Waals surface area contributed by atoms with E-state index in [9.17, 15) is 9.59 Å². The number of benzene rings is 3. The van der Waals surface area contributed by atoms with Gasteiger partial charge in [0.15, 0.2) is 6.61 Å². The van der Waals surface area contributed by atoms with Gasteiger partial charge in [-0.25, -0.2) is 0 Å². The normalized spacial score (nSPS) is 12.9. The van der Waals surface area contributed by atoms with E-state index in [1.54, 1.807) is 9.80 Å². The topological polar surface area (TPSA) is 49.9 Å². The molecule has 0 aliphatic carbocycles. The second-order valence-electron chi connectivity index (χ2n) is 7.32. The van der Waals surface area contributed by atoms with Crippen molar-refractivity contribution in [2.45, 2.75) is 20.4 Å². The minimum atomic E-state index is -0.0783. The van der Waals surface area contributed by atoms with E-state index in [4.69, 9.17) is 4.74 Å². The van der Waals surface area contributed by atoms with Gasteiger partial charge in [0.25, 0.3) is 11.8 Å². The lowest BCUT2D eigenvalue weighted by Gasteiger charge is -2.29. The summed E-state index contributed by atoms with van der Waals surface area (Å²) in [5.74, 6) is 0.591. The van der Waals surface area contributed by atoms with Gasteiger partial charge in [0.05, 0.1) is 12.2 Å². The first-order valence-corrected chi connectivity index (χ1v) is 10.1. The van der Waals surface area contributed by atoms with Crippen LogP contribution in [0.15, 0.2) is 72.8 Å². The molecule has 0 saturated heterocycles. The molecular weight excluding hydrogens is 376 g/mol. The highest BCUT2D eigenvalue weighted by atomic mass is 16.5. The Morgan fingerprint density at radius 2 is 1.80 bits per heavy atom. The molecule has 5 nitrogen and oxygen atoms in total. The third-order valence-electron chi connectivity index (χ3n) is 5.22. The smallest absolute Gasteiger partial charge is 0.265 e. The van der Waals surface area contributed by atoms with Crippen molar-refractivity contribution in [1.29, 1.82) is 0 Å². The van der Waals surface area contributed by atoms with Gasteiger partial charge in [0.1, 0.15) is 5.75 Å². The molecule has 0 spiro atoms. The molecule has 0 radical (unpaired) electrons. The van der Waals surface area contributed by atoms with Gasteiger partial charge in [0.2, 0.25) is 0 Å². The molecule has 0 atom stereocenters. The number of ether oxygens (including phenoxy) is 1. The Morgan fingerprint density at radius 3 is 2.53 bits per heavy atom. The summed E-state index contributed by atoms with van der Waals surface area (Å²) in [6.07, 6.45) is 0. The standard InChI is InChI=1S/C25H24N2O3/c1-3-26(21-8-6-7-18(2)15-21)25(29)20-13-11-19(12-14-20)16-27-22-9-4-5-10-23(22)30-17-24(27)28/h4-15H,3,16-17H2,1-2H3. The van der Waals surface area contributed by atoms with Crippen LogP contribution in [0.2, 0.25) is 0 Å². The molecule has 5 heteroatoms. The van der Waals surface area contributed by atoms with Crippen molar-refractivity contribution in [2.24, 2.45) is 0 Å². The van der Waals surface area contributed by atoms with E-state index in [-0.39, 0.29) is 18.4 Å².